The lowest BCUT2D eigenvalue weighted by Crippen LogP contribution is -1.97. The van der Waals surface area contributed by atoms with Crippen LogP contribution in [0.25, 0.3) is 0 Å². The standard InChI is InChI=1S/C20H32O2.C8H8O2S/c1-2-3-4-5-6-7-8-9-10-11-12-13-14-15-16-17-18-19-20(21)22;1-11-7-5-3-2-4-6(7)8(9)10/h6-7,9-10,12-13,15-16H,2-5,8,11,14,17-19H2,1H3,(H,21,22);2-5H,1H3,(H,9,10). The number of hydrogen-bond acceptors (Lipinski definition) is 3. The second kappa shape index (κ2) is 22.7. The molecule has 0 unspecified atom stereocenters. The zero-order valence-corrected chi connectivity index (χ0v) is 20.9. The molecule has 0 aliphatic rings. The highest BCUT2D eigenvalue weighted by atomic mass is 32.2. The first-order chi connectivity index (χ1) is 16.0. The number of benzene rings is 1. The first-order valence-electron chi connectivity index (χ1n) is 11.7. The molecule has 1 aromatic carbocycles. The summed E-state index contributed by atoms with van der Waals surface area (Å²) in [6.45, 7) is 2.23. The van der Waals surface area contributed by atoms with Gasteiger partial charge in [-0.25, -0.2) is 4.79 Å². The third kappa shape index (κ3) is 19.9. The molecular formula is C28H40O4S. The Hall–Kier alpha value is -2.53. The number of hydrogen-bond donors (Lipinski definition) is 2. The van der Waals surface area contributed by atoms with E-state index in [1.807, 2.05) is 12.3 Å². The monoisotopic (exact) mass is 472 g/mol. The maximum absolute atomic E-state index is 10.6. The van der Waals surface area contributed by atoms with E-state index >= 15 is 0 Å². The minimum Gasteiger partial charge on any atom is -0.481 e. The molecule has 0 aromatic heterocycles. The van der Waals surface area contributed by atoms with E-state index in [9.17, 15) is 9.59 Å². The molecule has 0 amide bonds. The molecule has 4 nitrogen and oxygen atoms in total. The molecule has 33 heavy (non-hydrogen) atoms. The Balaban J connectivity index is 0.000000771. The summed E-state index contributed by atoms with van der Waals surface area (Å²) in [6.07, 6.45) is 29.2. The van der Waals surface area contributed by atoms with Gasteiger partial charge in [0, 0.05) is 11.3 Å². The summed E-state index contributed by atoms with van der Waals surface area (Å²) in [5.74, 6) is -1.58. The van der Waals surface area contributed by atoms with Crippen LogP contribution in [-0.2, 0) is 4.79 Å². The van der Waals surface area contributed by atoms with Crippen LogP contribution >= 0.6 is 11.8 Å². The van der Waals surface area contributed by atoms with Crippen molar-refractivity contribution in [2.45, 2.75) is 76.0 Å². The Labute approximate surface area is 204 Å². The van der Waals surface area contributed by atoms with Gasteiger partial charge in [-0.1, -0.05) is 80.5 Å². The predicted molar refractivity (Wildman–Crippen MR) is 141 cm³/mol. The van der Waals surface area contributed by atoms with Crippen molar-refractivity contribution in [1.29, 1.82) is 0 Å². The van der Waals surface area contributed by atoms with Gasteiger partial charge in [0.15, 0.2) is 0 Å². The largest absolute Gasteiger partial charge is 0.481 e. The number of aromatic carboxylic acids is 1. The summed E-state index contributed by atoms with van der Waals surface area (Å²) in [6, 6.07) is 6.96. The second-order valence-electron chi connectivity index (χ2n) is 7.38. The molecule has 2 N–H and O–H groups in total. The average Bonchev–Trinajstić information content (AvgIpc) is 2.81. The SMILES string of the molecule is CCCCCC=CCC=CCC=CCC=CCCCC(=O)O.CSc1ccccc1C(=O)O. The van der Waals surface area contributed by atoms with Crippen LogP contribution < -0.4 is 0 Å². The Morgan fingerprint density at radius 1 is 0.788 bits per heavy atom. The highest BCUT2D eigenvalue weighted by Gasteiger charge is 2.06. The van der Waals surface area contributed by atoms with Crippen molar-refractivity contribution in [3.05, 3.63) is 78.4 Å². The normalized spacial score (nSPS) is 11.5. The molecule has 0 saturated heterocycles. The molecule has 1 rings (SSSR count). The molecule has 0 aliphatic carbocycles. The van der Waals surface area contributed by atoms with Gasteiger partial charge in [0.05, 0.1) is 5.56 Å². The van der Waals surface area contributed by atoms with E-state index in [2.05, 4.69) is 55.5 Å². The third-order valence-corrected chi connectivity index (χ3v) is 5.35. The molecule has 1 aromatic rings. The zero-order chi connectivity index (χ0) is 24.6. The van der Waals surface area contributed by atoms with Crippen LogP contribution in [0.15, 0.2) is 77.8 Å². The van der Waals surface area contributed by atoms with Gasteiger partial charge in [-0.2, -0.15) is 0 Å². The van der Waals surface area contributed by atoms with E-state index in [0.717, 1.165) is 37.0 Å². The predicted octanol–water partition coefficient (Wildman–Crippen LogP) is 8.32. The Morgan fingerprint density at radius 3 is 1.76 bits per heavy atom. The summed E-state index contributed by atoms with van der Waals surface area (Å²) in [4.78, 5) is 21.7. The van der Waals surface area contributed by atoms with Crippen LogP contribution in [0.1, 0.15) is 81.5 Å². The minimum absolute atomic E-state index is 0.262. The van der Waals surface area contributed by atoms with Crippen molar-refractivity contribution in [2.75, 3.05) is 6.26 Å². The van der Waals surface area contributed by atoms with Crippen LogP contribution in [0, 0.1) is 0 Å². The summed E-state index contributed by atoms with van der Waals surface area (Å²) in [5, 5.41) is 17.2. The third-order valence-electron chi connectivity index (χ3n) is 4.56. The van der Waals surface area contributed by atoms with Crippen molar-refractivity contribution in [3.63, 3.8) is 0 Å². The van der Waals surface area contributed by atoms with E-state index < -0.39 is 11.9 Å². The first-order valence-corrected chi connectivity index (χ1v) is 12.9. The van der Waals surface area contributed by atoms with E-state index in [1.54, 1.807) is 18.2 Å². The van der Waals surface area contributed by atoms with Crippen LogP contribution in [0.4, 0.5) is 0 Å². The van der Waals surface area contributed by atoms with Gasteiger partial charge >= 0.3 is 11.9 Å². The van der Waals surface area contributed by atoms with Gasteiger partial charge in [0.1, 0.15) is 0 Å². The van der Waals surface area contributed by atoms with Crippen molar-refractivity contribution in [1.82, 2.24) is 0 Å². The highest BCUT2D eigenvalue weighted by Crippen LogP contribution is 2.19. The van der Waals surface area contributed by atoms with Gasteiger partial charge in [-0.3, -0.25) is 4.79 Å². The van der Waals surface area contributed by atoms with Crippen molar-refractivity contribution in [3.8, 4) is 0 Å². The summed E-state index contributed by atoms with van der Waals surface area (Å²) < 4.78 is 0. The van der Waals surface area contributed by atoms with E-state index in [1.165, 1.54) is 37.4 Å². The van der Waals surface area contributed by atoms with Gasteiger partial charge in [-0.05, 0) is 63.3 Å². The maximum Gasteiger partial charge on any atom is 0.336 e. The number of carbonyl (C=O) groups is 2. The number of aliphatic carboxylic acids is 1. The van der Waals surface area contributed by atoms with Gasteiger partial charge in [0.2, 0.25) is 0 Å². The smallest absolute Gasteiger partial charge is 0.336 e. The van der Waals surface area contributed by atoms with E-state index in [0.29, 0.717) is 5.56 Å². The quantitative estimate of drug-likeness (QED) is 0.144. The van der Waals surface area contributed by atoms with Crippen molar-refractivity contribution >= 4 is 23.7 Å². The lowest BCUT2D eigenvalue weighted by Gasteiger charge is -1.99. The minimum atomic E-state index is -0.866. The van der Waals surface area contributed by atoms with Gasteiger partial charge in [-0.15, -0.1) is 11.8 Å². The molecule has 0 aliphatic heterocycles. The maximum atomic E-state index is 10.6. The fourth-order valence-electron chi connectivity index (χ4n) is 2.75. The average molecular weight is 473 g/mol. The molecular weight excluding hydrogens is 432 g/mol. The lowest BCUT2D eigenvalue weighted by molar-refractivity contribution is -0.137. The number of rotatable bonds is 16. The molecule has 182 valence electrons. The first kappa shape index (κ1) is 30.5. The molecule has 0 spiro atoms. The zero-order valence-electron chi connectivity index (χ0n) is 20.1. The Morgan fingerprint density at radius 2 is 1.30 bits per heavy atom. The van der Waals surface area contributed by atoms with Crippen LogP contribution in [0.3, 0.4) is 0 Å². The Bertz CT molecular complexity index is 763. The van der Waals surface area contributed by atoms with Crippen LogP contribution in [0.2, 0.25) is 0 Å². The number of carboxylic acids is 2. The number of allylic oxidation sites excluding steroid dienone is 8. The lowest BCUT2D eigenvalue weighted by atomic mass is 10.2. The summed E-state index contributed by atoms with van der Waals surface area (Å²) >= 11 is 1.44. The molecule has 0 heterocycles. The number of unbranched alkanes of at least 4 members (excludes halogenated alkanes) is 4. The topological polar surface area (TPSA) is 74.6 Å². The van der Waals surface area contributed by atoms with Gasteiger partial charge < -0.3 is 10.2 Å². The molecule has 0 atom stereocenters. The fraction of sp³-hybridized carbons (Fsp3) is 0.429. The van der Waals surface area contributed by atoms with E-state index in [4.69, 9.17) is 10.2 Å². The molecule has 0 radical (unpaired) electrons. The van der Waals surface area contributed by atoms with Crippen LogP contribution in [0.5, 0.6) is 0 Å². The Kier molecular flexibility index (Phi) is 20.9. The molecule has 0 saturated carbocycles. The summed E-state index contributed by atoms with van der Waals surface area (Å²) in [7, 11) is 0. The summed E-state index contributed by atoms with van der Waals surface area (Å²) in [5.41, 5.74) is 0.375. The molecule has 0 bridgehead atoms. The number of carboxylic acid groups (broad SMARTS) is 2. The van der Waals surface area contributed by atoms with Crippen molar-refractivity contribution in [2.24, 2.45) is 0 Å². The number of thioether (sulfide) groups is 1. The van der Waals surface area contributed by atoms with Crippen LogP contribution in [-0.4, -0.2) is 28.4 Å². The van der Waals surface area contributed by atoms with E-state index in [-0.39, 0.29) is 6.42 Å². The van der Waals surface area contributed by atoms with Crippen molar-refractivity contribution < 1.29 is 19.8 Å². The van der Waals surface area contributed by atoms with Gasteiger partial charge in [0.25, 0.3) is 0 Å². The molecule has 0 fully saturated rings. The second-order valence-corrected chi connectivity index (χ2v) is 8.23. The highest BCUT2D eigenvalue weighted by molar-refractivity contribution is 7.98. The fourth-order valence-corrected chi connectivity index (χ4v) is 3.34. The molecule has 5 heteroatoms.